The summed E-state index contributed by atoms with van der Waals surface area (Å²) in [5.74, 6) is 0.914. The Bertz CT molecular complexity index is 204. The average Bonchev–Trinajstić information content (AvgIpc) is 2.41. The van der Waals surface area contributed by atoms with Crippen molar-refractivity contribution in [1.29, 1.82) is 0 Å². The van der Waals surface area contributed by atoms with Gasteiger partial charge in [-0.05, 0) is 51.2 Å². The van der Waals surface area contributed by atoms with Crippen molar-refractivity contribution >= 4 is 17.3 Å². The molecule has 15 heavy (non-hydrogen) atoms. The van der Waals surface area contributed by atoms with E-state index in [1.165, 1.54) is 25.7 Å². The second-order valence-electron chi connectivity index (χ2n) is 4.80. The predicted octanol–water partition coefficient (Wildman–Crippen LogP) is 2.78. The highest BCUT2D eigenvalue weighted by Crippen LogP contribution is 2.20. The Balaban J connectivity index is 2.39. The summed E-state index contributed by atoms with van der Waals surface area (Å²) in [6.45, 7) is 8.84. The molecule has 0 aliphatic carbocycles. The molecule has 0 amide bonds. The third-order valence-corrected chi connectivity index (χ3v) is 3.50. The van der Waals surface area contributed by atoms with Crippen LogP contribution in [0.15, 0.2) is 0 Å². The molecule has 0 radical (unpaired) electrons. The first-order chi connectivity index (χ1) is 7.13. The van der Waals surface area contributed by atoms with Crippen LogP contribution in [0.4, 0.5) is 0 Å². The summed E-state index contributed by atoms with van der Waals surface area (Å²) < 4.78 is 0. The molecule has 1 saturated heterocycles. The van der Waals surface area contributed by atoms with E-state index < -0.39 is 0 Å². The van der Waals surface area contributed by atoms with Gasteiger partial charge in [0.05, 0.1) is 0 Å². The SMILES string of the molecule is CCC1CCCN(C(=S)NC(C)C)CC1. The normalized spacial score (nSPS) is 22.7. The average molecular weight is 228 g/mol. The van der Waals surface area contributed by atoms with Crippen molar-refractivity contribution in [3.8, 4) is 0 Å². The Kier molecular flexibility index (Phi) is 5.37. The molecule has 1 aliphatic heterocycles. The molecule has 0 aromatic carbocycles. The highest BCUT2D eigenvalue weighted by Gasteiger charge is 2.17. The summed E-state index contributed by atoms with van der Waals surface area (Å²) in [5.41, 5.74) is 0. The van der Waals surface area contributed by atoms with Gasteiger partial charge in [0.1, 0.15) is 0 Å². The van der Waals surface area contributed by atoms with Gasteiger partial charge in [0.25, 0.3) is 0 Å². The van der Waals surface area contributed by atoms with Gasteiger partial charge in [-0.1, -0.05) is 13.3 Å². The summed E-state index contributed by atoms with van der Waals surface area (Å²) in [5, 5.41) is 4.28. The van der Waals surface area contributed by atoms with Gasteiger partial charge >= 0.3 is 0 Å². The van der Waals surface area contributed by atoms with Crippen LogP contribution in [0.5, 0.6) is 0 Å². The molecule has 0 bridgehead atoms. The van der Waals surface area contributed by atoms with E-state index in [1.807, 2.05) is 0 Å². The van der Waals surface area contributed by atoms with Crippen LogP contribution < -0.4 is 5.32 Å². The van der Waals surface area contributed by atoms with Crippen molar-refractivity contribution in [1.82, 2.24) is 10.2 Å². The third-order valence-electron chi connectivity index (χ3n) is 3.12. The molecule has 1 atom stereocenters. The monoisotopic (exact) mass is 228 g/mol. The summed E-state index contributed by atoms with van der Waals surface area (Å²) in [6, 6.07) is 0.447. The van der Waals surface area contributed by atoms with Gasteiger partial charge in [-0.2, -0.15) is 0 Å². The molecule has 1 heterocycles. The Morgan fingerprint density at radius 3 is 2.73 bits per heavy atom. The van der Waals surface area contributed by atoms with Crippen molar-refractivity contribution in [2.45, 2.75) is 52.5 Å². The van der Waals surface area contributed by atoms with E-state index in [2.05, 4.69) is 31.0 Å². The number of nitrogens with one attached hydrogen (secondary N) is 1. The predicted molar refractivity (Wildman–Crippen MR) is 70.1 cm³/mol. The van der Waals surface area contributed by atoms with Gasteiger partial charge < -0.3 is 10.2 Å². The molecule has 1 unspecified atom stereocenters. The van der Waals surface area contributed by atoms with Crippen LogP contribution in [0.25, 0.3) is 0 Å². The zero-order valence-electron chi connectivity index (χ0n) is 10.3. The number of hydrogen-bond donors (Lipinski definition) is 1. The smallest absolute Gasteiger partial charge is 0.169 e. The Labute approximate surface area is 99.4 Å². The van der Waals surface area contributed by atoms with E-state index in [-0.39, 0.29) is 0 Å². The first kappa shape index (κ1) is 12.8. The highest BCUT2D eigenvalue weighted by molar-refractivity contribution is 7.80. The lowest BCUT2D eigenvalue weighted by Gasteiger charge is -2.25. The fourth-order valence-electron chi connectivity index (χ4n) is 2.11. The van der Waals surface area contributed by atoms with Crippen LogP contribution >= 0.6 is 12.2 Å². The van der Waals surface area contributed by atoms with Gasteiger partial charge in [-0.15, -0.1) is 0 Å². The molecule has 0 aromatic rings. The van der Waals surface area contributed by atoms with Crippen molar-refractivity contribution in [2.75, 3.05) is 13.1 Å². The standard InChI is InChI=1S/C12H24N2S/c1-4-11-6-5-8-14(9-7-11)12(15)13-10(2)3/h10-11H,4-9H2,1-3H3,(H,13,15). The second-order valence-corrected chi connectivity index (χ2v) is 5.18. The Morgan fingerprint density at radius 1 is 1.40 bits per heavy atom. The summed E-state index contributed by atoms with van der Waals surface area (Å²) in [7, 11) is 0. The van der Waals surface area contributed by atoms with E-state index in [1.54, 1.807) is 0 Å². The molecule has 1 aliphatic rings. The molecule has 0 spiro atoms. The van der Waals surface area contributed by atoms with Crippen molar-refractivity contribution in [2.24, 2.45) is 5.92 Å². The van der Waals surface area contributed by atoms with E-state index in [0.29, 0.717) is 6.04 Å². The lowest BCUT2D eigenvalue weighted by atomic mass is 9.98. The second kappa shape index (κ2) is 6.31. The molecule has 88 valence electrons. The van der Waals surface area contributed by atoms with Crippen LogP contribution in [0.2, 0.25) is 0 Å². The number of nitrogens with zero attached hydrogens (tertiary/aromatic N) is 1. The number of thiocarbonyl (C=S) groups is 1. The first-order valence-corrected chi connectivity index (χ1v) is 6.59. The van der Waals surface area contributed by atoms with Crippen LogP contribution in [0.3, 0.4) is 0 Å². The quantitative estimate of drug-likeness (QED) is 0.732. The summed E-state index contributed by atoms with van der Waals surface area (Å²) in [6.07, 6.45) is 5.28. The van der Waals surface area contributed by atoms with Gasteiger partial charge in [-0.25, -0.2) is 0 Å². The van der Waals surface area contributed by atoms with Crippen LogP contribution in [0.1, 0.15) is 46.5 Å². The summed E-state index contributed by atoms with van der Waals surface area (Å²) >= 11 is 5.40. The van der Waals surface area contributed by atoms with Crippen molar-refractivity contribution in [3.63, 3.8) is 0 Å². The molecule has 0 saturated carbocycles. The maximum absolute atomic E-state index is 5.40. The molecular weight excluding hydrogens is 204 g/mol. The molecule has 2 nitrogen and oxygen atoms in total. The minimum absolute atomic E-state index is 0.447. The zero-order chi connectivity index (χ0) is 11.3. The third kappa shape index (κ3) is 4.37. The van der Waals surface area contributed by atoms with E-state index in [4.69, 9.17) is 12.2 Å². The van der Waals surface area contributed by atoms with Crippen LogP contribution in [-0.2, 0) is 0 Å². The highest BCUT2D eigenvalue weighted by atomic mass is 32.1. The Hall–Kier alpha value is -0.310. The molecule has 1 rings (SSSR count). The number of likely N-dealkylation sites (tertiary alicyclic amines) is 1. The van der Waals surface area contributed by atoms with Gasteiger partial charge in [0.2, 0.25) is 0 Å². The lowest BCUT2D eigenvalue weighted by Crippen LogP contribution is -2.43. The number of rotatable bonds is 2. The first-order valence-electron chi connectivity index (χ1n) is 6.19. The fourth-order valence-corrected chi connectivity index (χ4v) is 2.53. The van der Waals surface area contributed by atoms with Crippen molar-refractivity contribution < 1.29 is 0 Å². The van der Waals surface area contributed by atoms with Gasteiger partial charge in [0.15, 0.2) is 5.11 Å². The molecule has 0 aromatic heterocycles. The van der Waals surface area contributed by atoms with E-state index in [0.717, 1.165) is 24.1 Å². The molecule has 3 heteroatoms. The zero-order valence-corrected chi connectivity index (χ0v) is 11.1. The van der Waals surface area contributed by atoms with E-state index in [9.17, 15) is 0 Å². The minimum Gasteiger partial charge on any atom is -0.360 e. The van der Waals surface area contributed by atoms with Gasteiger partial charge in [-0.3, -0.25) is 0 Å². The maximum Gasteiger partial charge on any atom is 0.169 e. The topological polar surface area (TPSA) is 15.3 Å². The van der Waals surface area contributed by atoms with Crippen molar-refractivity contribution in [3.05, 3.63) is 0 Å². The lowest BCUT2D eigenvalue weighted by molar-refractivity contribution is 0.403. The summed E-state index contributed by atoms with van der Waals surface area (Å²) in [4.78, 5) is 2.34. The molecular formula is C12H24N2S. The molecule has 1 N–H and O–H groups in total. The minimum atomic E-state index is 0.447. The van der Waals surface area contributed by atoms with E-state index >= 15 is 0 Å². The largest absolute Gasteiger partial charge is 0.360 e. The Morgan fingerprint density at radius 2 is 2.13 bits per heavy atom. The van der Waals surface area contributed by atoms with Crippen LogP contribution in [0, 0.1) is 5.92 Å². The fraction of sp³-hybridized carbons (Fsp3) is 0.917. The maximum atomic E-state index is 5.40. The van der Waals surface area contributed by atoms with Crippen LogP contribution in [-0.4, -0.2) is 29.1 Å². The number of hydrogen-bond acceptors (Lipinski definition) is 1. The van der Waals surface area contributed by atoms with Gasteiger partial charge in [0, 0.05) is 19.1 Å². The molecule has 1 fully saturated rings.